The number of fused-ring (bicyclic) bond motifs is 1. The number of nitrogens with one attached hydrogen (secondary N) is 1. The topological polar surface area (TPSA) is 65.4 Å². The van der Waals surface area contributed by atoms with Crippen LogP contribution in [-0.4, -0.2) is 15.5 Å². The van der Waals surface area contributed by atoms with Crippen molar-refractivity contribution in [1.82, 2.24) is 9.55 Å². The smallest absolute Gasteiger partial charge is 0.227 e. The first-order valence-electron chi connectivity index (χ1n) is 11.8. The molecule has 5 rings (SSSR count). The summed E-state index contributed by atoms with van der Waals surface area (Å²) in [4.78, 5) is 17.0. The van der Waals surface area contributed by atoms with Gasteiger partial charge in [-0.3, -0.25) is 4.79 Å². The number of rotatable bonds is 7. The first kappa shape index (κ1) is 22.0. The lowest BCUT2D eigenvalue weighted by molar-refractivity contribution is -0.119. The van der Waals surface area contributed by atoms with Gasteiger partial charge in [0.15, 0.2) is 0 Å². The van der Waals surface area contributed by atoms with Crippen LogP contribution in [0.4, 0.5) is 5.69 Å². The van der Waals surface area contributed by atoms with E-state index in [2.05, 4.69) is 12.2 Å². The summed E-state index contributed by atoms with van der Waals surface area (Å²) >= 11 is 0. The molecule has 0 saturated heterocycles. The Bertz CT molecular complexity index is 1290. The van der Waals surface area contributed by atoms with Gasteiger partial charge in [-0.2, -0.15) is 0 Å². The van der Waals surface area contributed by atoms with Gasteiger partial charge in [-0.25, -0.2) is 4.98 Å². The number of carbonyl (C=O) groups is 1. The molecule has 0 aliphatic heterocycles. The van der Waals surface area contributed by atoms with Crippen LogP contribution in [0.25, 0.3) is 11.0 Å². The summed E-state index contributed by atoms with van der Waals surface area (Å²) in [6, 6.07) is 21.4. The van der Waals surface area contributed by atoms with E-state index < -0.39 is 0 Å². The summed E-state index contributed by atoms with van der Waals surface area (Å²) in [6.45, 7) is 2.44. The van der Waals surface area contributed by atoms with E-state index in [0.717, 1.165) is 59.7 Å². The van der Waals surface area contributed by atoms with Crippen LogP contribution in [-0.2, 0) is 18.4 Å². The number of imidazole rings is 1. The molecule has 6 nitrogen and oxygen atoms in total. The maximum absolute atomic E-state index is 12.3. The summed E-state index contributed by atoms with van der Waals surface area (Å²) in [7, 11) is 1.98. The SMILES string of the molecule is Cc1ccc(OCc2nc3ccc(Oc4ccc(NC(=O)C5CCCC5)cc4)cc3n2C)cc1. The number of nitrogens with zero attached hydrogens (tertiary/aromatic N) is 2. The van der Waals surface area contributed by atoms with E-state index in [1.165, 1.54) is 5.56 Å². The van der Waals surface area contributed by atoms with Crippen molar-refractivity contribution in [2.45, 2.75) is 39.2 Å². The number of carbonyl (C=O) groups excluding carboxylic acids is 1. The maximum atomic E-state index is 12.3. The fourth-order valence-corrected chi connectivity index (χ4v) is 4.37. The molecule has 1 fully saturated rings. The van der Waals surface area contributed by atoms with Gasteiger partial charge in [0.1, 0.15) is 29.7 Å². The molecule has 4 aromatic rings. The van der Waals surface area contributed by atoms with Gasteiger partial charge >= 0.3 is 0 Å². The van der Waals surface area contributed by atoms with E-state index in [1.54, 1.807) is 0 Å². The van der Waals surface area contributed by atoms with Crippen LogP contribution < -0.4 is 14.8 Å². The fourth-order valence-electron chi connectivity index (χ4n) is 4.37. The van der Waals surface area contributed by atoms with E-state index in [1.807, 2.05) is 78.3 Å². The van der Waals surface area contributed by atoms with E-state index in [0.29, 0.717) is 12.4 Å². The lowest BCUT2D eigenvalue weighted by atomic mass is 10.1. The zero-order valence-corrected chi connectivity index (χ0v) is 19.6. The molecule has 1 saturated carbocycles. The van der Waals surface area contributed by atoms with E-state index in [9.17, 15) is 4.79 Å². The molecule has 0 bridgehead atoms. The third-order valence-corrected chi connectivity index (χ3v) is 6.42. The fraction of sp³-hybridized carbons (Fsp3) is 0.286. The average molecular weight is 456 g/mol. The molecule has 1 amide bonds. The highest BCUT2D eigenvalue weighted by atomic mass is 16.5. The van der Waals surface area contributed by atoms with Crippen molar-refractivity contribution >= 4 is 22.6 Å². The van der Waals surface area contributed by atoms with E-state index >= 15 is 0 Å². The van der Waals surface area contributed by atoms with Crippen molar-refractivity contribution in [1.29, 1.82) is 0 Å². The minimum absolute atomic E-state index is 0.120. The van der Waals surface area contributed by atoms with E-state index in [4.69, 9.17) is 14.5 Å². The van der Waals surface area contributed by atoms with Crippen molar-refractivity contribution in [2.24, 2.45) is 13.0 Å². The van der Waals surface area contributed by atoms with Crippen LogP contribution in [0, 0.1) is 12.8 Å². The Morgan fingerprint density at radius 3 is 2.38 bits per heavy atom. The molecule has 3 aromatic carbocycles. The Morgan fingerprint density at radius 1 is 0.971 bits per heavy atom. The number of hydrogen-bond donors (Lipinski definition) is 1. The molecular weight excluding hydrogens is 426 g/mol. The third kappa shape index (κ3) is 4.91. The lowest BCUT2D eigenvalue weighted by Crippen LogP contribution is -2.20. The number of aryl methyl sites for hydroxylation is 2. The summed E-state index contributed by atoms with van der Waals surface area (Å²) in [6.07, 6.45) is 4.27. The minimum Gasteiger partial charge on any atom is -0.486 e. The molecule has 1 aliphatic carbocycles. The molecule has 0 radical (unpaired) electrons. The maximum Gasteiger partial charge on any atom is 0.227 e. The van der Waals surface area contributed by atoms with Gasteiger partial charge in [-0.15, -0.1) is 0 Å². The normalized spacial score (nSPS) is 13.8. The highest BCUT2D eigenvalue weighted by Crippen LogP contribution is 2.29. The number of anilines is 1. The van der Waals surface area contributed by atoms with Crippen LogP contribution in [0.15, 0.2) is 66.7 Å². The Kier molecular flexibility index (Phi) is 6.21. The van der Waals surface area contributed by atoms with Gasteiger partial charge in [0, 0.05) is 24.7 Å². The molecule has 0 atom stereocenters. The average Bonchev–Trinajstić information content (AvgIpc) is 3.49. The van der Waals surface area contributed by atoms with Gasteiger partial charge in [0.2, 0.25) is 5.91 Å². The van der Waals surface area contributed by atoms with E-state index in [-0.39, 0.29) is 11.8 Å². The van der Waals surface area contributed by atoms with Gasteiger partial charge < -0.3 is 19.4 Å². The zero-order chi connectivity index (χ0) is 23.5. The molecule has 0 unspecified atom stereocenters. The Labute approximate surface area is 199 Å². The summed E-state index contributed by atoms with van der Waals surface area (Å²) in [5.41, 5.74) is 3.86. The molecular formula is C28H29N3O3. The largest absolute Gasteiger partial charge is 0.486 e. The van der Waals surface area contributed by atoms with Crippen LogP contribution in [0.2, 0.25) is 0 Å². The second kappa shape index (κ2) is 9.59. The van der Waals surface area contributed by atoms with Crippen molar-refractivity contribution < 1.29 is 14.3 Å². The first-order chi connectivity index (χ1) is 16.5. The monoisotopic (exact) mass is 455 g/mol. The van der Waals surface area contributed by atoms with Crippen LogP contribution >= 0.6 is 0 Å². The number of hydrogen-bond acceptors (Lipinski definition) is 4. The first-order valence-corrected chi connectivity index (χ1v) is 11.8. The van der Waals surface area contributed by atoms with Gasteiger partial charge in [-0.05, 0) is 68.3 Å². The minimum atomic E-state index is 0.120. The van der Waals surface area contributed by atoms with Crippen LogP contribution in [0.3, 0.4) is 0 Å². The molecule has 1 aromatic heterocycles. The van der Waals surface area contributed by atoms with Crippen molar-refractivity contribution in [2.75, 3.05) is 5.32 Å². The molecule has 0 spiro atoms. The Morgan fingerprint density at radius 2 is 1.65 bits per heavy atom. The highest BCUT2D eigenvalue weighted by molar-refractivity contribution is 5.92. The zero-order valence-electron chi connectivity index (χ0n) is 19.6. The standard InChI is InChI=1S/C28H29N3O3/c1-19-7-11-22(12-8-19)33-18-27-30-25-16-15-24(17-26(25)31(27)2)34-23-13-9-21(10-14-23)29-28(32)20-5-3-4-6-20/h7-17,20H,3-6,18H2,1-2H3,(H,29,32). The molecule has 6 heteroatoms. The molecule has 174 valence electrons. The quantitative estimate of drug-likeness (QED) is 0.351. The summed E-state index contributed by atoms with van der Waals surface area (Å²) in [5, 5.41) is 3.02. The van der Waals surface area contributed by atoms with Crippen LogP contribution in [0.1, 0.15) is 37.1 Å². The van der Waals surface area contributed by atoms with Gasteiger partial charge in [0.25, 0.3) is 0 Å². The van der Waals surface area contributed by atoms with Crippen molar-refractivity contribution in [3.05, 3.63) is 78.1 Å². The molecule has 34 heavy (non-hydrogen) atoms. The molecule has 1 N–H and O–H groups in total. The molecule has 1 heterocycles. The van der Waals surface area contributed by atoms with Gasteiger partial charge in [0.05, 0.1) is 11.0 Å². The summed E-state index contributed by atoms with van der Waals surface area (Å²) in [5.74, 6) is 3.37. The second-order valence-electron chi connectivity index (χ2n) is 8.94. The number of aromatic nitrogens is 2. The number of amides is 1. The highest BCUT2D eigenvalue weighted by Gasteiger charge is 2.22. The van der Waals surface area contributed by atoms with Gasteiger partial charge in [-0.1, -0.05) is 30.5 Å². The Hall–Kier alpha value is -3.80. The van der Waals surface area contributed by atoms with Crippen LogP contribution in [0.5, 0.6) is 17.2 Å². The summed E-state index contributed by atoms with van der Waals surface area (Å²) < 4.78 is 14.0. The third-order valence-electron chi connectivity index (χ3n) is 6.42. The van der Waals surface area contributed by atoms with Crippen molar-refractivity contribution in [3.63, 3.8) is 0 Å². The Balaban J connectivity index is 1.24. The predicted octanol–water partition coefficient (Wildman–Crippen LogP) is 6.38. The molecule has 1 aliphatic rings. The lowest BCUT2D eigenvalue weighted by Gasteiger charge is -2.11. The number of benzene rings is 3. The van der Waals surface area contributed by atoms with Crippen molar-refractivity contribution in [3.8, 4) is 17.2 Å². The second-order valence-corrected chi connectivity index (χ2v) is 8.94. The number of ether oxygens (including phenoxy) is 2. The predicted molar refractivity (Wildman–Crippen MR) is 133 cm³/mol.